The quantitative estimate of drug-likeness (QED) is 0.793. The molecule has 152 valence electrons. The van der Waals surface area contributed by atoms with Crippen LogP contribution in [0.5, 0.6) is 0 Å². The standard InChI is InChI=1S/C20H26N2O4S2/c1-20(2,3)15-7-9-17(10-8-15)28(25,26)19-14-27(23,24)13-18(19)22-12-16-6-4-5-11-21-16/h4-11,18-19,22H,12-14H2,1-3H3. The second-order valence-corrected chi connectivity index (χ2v) is 12.6. The largest absolute Gasteiger partial charge is 0.306 e. The van der Waals surface area contributed by atoms with Gasteiger partial charge in [-0.1, -0.05) is 39.0 Å². The van der Waals surface area contributed by atoms with Crippen LogP contribution >= 0.6 is 0 Å². The number of aromatic nitrogens is 1. The van der Waals surface area contributed by atoms with E-state index in [4.69, 9.17) is 0 Å². The molecule has 0 aliphatic carbocycles. The summed E-state index contributed by atoms with van der Waals surface area (Å²) in [6, 6.07) is 11.5. The minimum Gasteiger partial charge on any atom is -0.306 e. The highest BCUT2D eigenvalue weighted by Gasteiger charge is 2.45. The maximum atomic E-state index is 13.2. The van der Waals surface area contributed by atoms with E-state index in [1.165, 1.54) is 0 Å². The molecule has 1 aromatic heterocycles. The van der Waals surface area contributed by atoms with Gasteiger partial charge in [-0.25, -0.2) is 16.8 Å². The number of rotatable bonds is 5. The van der Waals surface area contributed by atoms with E-state index in [0.29, 0.717) is 6.54 Å². The van der Waals surface area contributed by atoms with E-state index in [2.05, 4.69) is 31.1 Å². The third-order valence-corrected chi connectivity index (χ3v) is 9.19. The minimum atomic E-state index is -3.79. The first-order valence-corrected chi connectivity index (χ1v) is 12.5. The number of hydrogen-bond acceptors (Lipinski definition) is 6. The minimum absolute atomic E-state index is 0.0915. The molecule has 2 heterocycles. The summed E-state index contributed by atoms with van der Waals surface area (Å²) in [5, 5.41) is 2.08. The number of benzene rings is 1. The molecular formula is C20H26N2O4S2. The molecule has 1 fully saturated rings. The third-order valence-electron chi connectivity index (χ3n) is 5.02. The Morgan fingerprint density at radius 3 is 2.32 bits per heavy atom. The topological polar surface area (TPSA) is 93.2 Å². The fourth-order valence-electron chi connectivity index (χ4n) is 3.37. The number of sulfone groups is 2. The molecule has 3 rings (SSSR count). The zero-order chi connectivity index (χ0) is 20.6. The molecule has 2 unspecified atom stereocenters. The van der Waals surface area contributed by atoms with E-state index in [9.17, 15) is 16.8 Å². The molecule has 1 aliphatic heterocycles. The van der Waals surface area contributed by atoms with Crippen LogP contribution in [-0.4, -0.2) is 44.6 Å². The monoisotopic (exact) mass is 422 g/mol. The molecule has 1 N–H and O–H groups in total. The molecule has 28 heavy (non-hydrogen) atoms. The van der Waals surface area contributed by atoms with Crippen LogP contribution in [-0.2, 0) is 31.6 Å². The van der Waals surface area contributed by atoms with Crippen molar-refractivity contribution < 1.29 is 16.8 Å². The highest BCUT2D eigenvalue weighted by molar-refractivity contribution is 7.96. The average Bonchev–Trinajstić information content (AvgIpc) is 2.96. The number of hydrogen-bond donors (Lipinski definition) is 1. The Morgan fingerprint density at radius 2 is 1.75 bits per heavy atom. The number of nitrogens with zero attached hydrogens (tertiary/aromatic N) is 1. The molecule has 0 bridgehead atoms. The maximum absolute atomic E-state index is 13.2. The van der Waals surface area contributed by atoms with Gasteiger partial charge in [-0.2, -0.15) is 0 Å². The van der Waals surface area contributed by atoms with E-state index in [-0.39, 0.29) is 21.8 Å². The van der Waals surface area contributed by atoms with Crippen molar-refractivity contribution in [3.05, 3.63) is 59.9 Å². The summed E-state index contributed by atoms with van der Waals surface area (Å²) in [6.45, 7) is 6.48. The zero-order valence-corrected chi connectivity index (χ0v) is 17.9. The van der Waals surface area contributed by atoms with Gasteiger partial charge in [0, 0.05) is 18.8 Å². The van der Waals surface area contributed by atoms with Gasteiger partial charge in [-0.15, -0.1) is 0 Å². The summed E-state index contributed by atoms with van der Waals surface area (Å²) in [4.78, 5) is 4.35. The normalized spacial score (nSPS) is 22.2. The molecule has 0 spiro atoms. The van der Waals surface area contributed by atoms with Crippen LogP contribution in [0.4, 0.5) is 0 Å². The van der Waals surface area contributed by atoms with Crippen LogP contribution in [0.2, 0.25) is 0 Å². The number of pyridine rings is 1. The lowest BCUT2D eigenvalue weighted by Crippen LogP contribution is -2.43. The van der Waals surface area contributed by atoms with Crippen molar-refractivity contribution in [2.45, 2.75) is 48.9 Å². The van der Waals surface area contributed by atoms with E-state index in [1.54, 1.807) is 36.5 Å². The van der Waals surface area contributed by atoms with Crippen LogP contribution in [0, 0.1) is 0 Å². The fraction of sp³-hybridized carbons (Fsp3) is 0.450. The summed E-state index contributed by atoms with van der Waals surface area (Å²) in [5.74, 6) is -0.556. The highest BCUT2D eigenvalue weighted by Crippen LogP contribution is 2.28. The lowest BCUT2D eigenvalue weighted by molar-refractivity contribution is 0.522. The van der Waals surface area contributed by atoms with Crippen LogP contribution in [0.1, 0.15) is 32.0 Å². The molecule has 2 aromatic rings. The molecule has 8 heteroatoms. The molecule has 1 aliphatic rings. The fourth-order valence-corrected chi connectivity index (χ4v) is 8.09. The second-order valence-electron chi connectivity index (χ2n) is 8.24. The van der Waals surface area contributed by atoms with Crippen molar-refractivity contribution in [3.63, 3.8) is 0 Å². The van der Waals surface area contributed by atoms with Gasteiger partial charge in [0.05, 0.1) is 27.3 Å². The van der Waals surface area contributed by atoms with E-state index >= 15 is 0 Å². The van der Waals surface area contributed by atoms with E-state index < -0.39 is 31.0 Å². The van der Waals surface area contributed by atoms with Gasteiger partial charge >= 0.3 is 0 Å². The van der Waals surface area contributed by atoms with Gasteiger partial charge in [-0.3, -0.25) is 4.98 Å². The smallest absolute Gasteiger partial charge is 0.183 e. The van der Waals surface area contributed by atoms with Crippen LogP contribution in [0.3, 0.4) is 0 Å². The van der Waals surface area contributed by atoms with E-state index in [0.717, 1.165) is 11.3 Å². The first-order valence-electron chi connectivity index (χ1n) is 9.17. The summed E-state index contributed by atoms with van der Waals surface area (Å²) in [6.07, 6.45) is 1.65. The lowest BCUT2D eigenvalue weighted by atomic mass is 9.87. The molecular weight excluding hydrogens is 396 g/mol. The summed E-state index contributed by atoms with van der Waals surface area (Å²) >= 11 is 0. The second kappa shape index (κ2) is 7.57. The van der Waals surface area contributed by atoms with Crippen LogP contribution < -0.4 is 5.32 Å². The van der Waals surface area contributed by atoms with Crippen molar-refractivity contribution in [1.29, 1.82) is 0 Å². The summed E-state index contributed by atoms with van der Waals surface area (Å²) < 4.78 is 50.8. The Kier molecular flexibility index (Phi) is 5.67. The first-order chi connectivity index (χ1) is 13.0. The van der Waals surface area contributed by atoms with Crippen molar-refractivity contribution in [2.75, 3.05) is 11.5 Å². The van der Waals surface area contributed by atoms with Gasteiger partial charge < -0.3 is 5.32 Å². The predicted octanol–water partition coefficient (Wildman–Crippen LogP) is 2.11. The molecule has 0 radical (unpaired) electrons. The summed E-state index contributed by atoms with van der Waals surface area (Å²) in [5.41, 5.74) is 1.67. The van der Waals surface area contributed by atoms with Gasteiger partial charge in [0.25, 0.3) is 0 Å². The Labute approximate surface area is 167 Å². The Morgan fingerprint density at radius 1 is 1.07 bits per heavy atom. The molecule has 1 aromatic carbocycles. The molecule has 0 saturated carbocycles. The molecule has 2 atom stereocenters. The van der Waals surface area contributed by atoms with Crippen LogP contribution in [0.25, 0.3) is 0 Å². The Balaban J connectivity index is 1.85. The highest BCUT2D eigenvalue weighted by atomic mass is 32.2. The number of nitrogens with one attached hydrogen (secondary N) is 1. The van der Waals surface area contributed by atoms with Gasteiger partial charge in [0.15, 0.2) is 19.7 Å². The zero-order valence-electron chi connectivity index (χ0n) is 16.3. The van der Waals surface area contributed by atoms with Gasteiger partial charge in [0.2, 0.25) is 0 Å². The molecule has 0 amide bonds. The van der Waals surface area contributed by atoms with E-state index in [1.807, 2.05) is 12.1 Å². The van der Waals surface area contributed by atoms with Crippen molar-refractivity contribution in [2.24, 2.45) is 0 Å². The maximum Gasteiger partial charge on any atom is 0.183 e. The van der Waals surface area contributed by atoms with Crippen LogP contribution in [0.15, 0.2) is 53.6 Å². The summed E-state index contributed by atoms with van der Waals surface area (Å²) in [7, 11) is -7.22. The predicted molar refractivity (Wildman–Crippen MR) is 110 cm³/mol. The third kappa shape index (κ3) is 4.61. The van der Waals surface area contributed by atoms with Crippen molar-refractivity contribution in [3.8, 4) is 0 Å². The lowest BCUT2D eigenvalue weighted by Gasteiger charge is -2.22. The average molecular weight is 423 g/mol. The Hall–Kier alpha value is -1.77. The molecule has 1 saturated heterocycles. The van der Waals surface area contributed by atoms with Gasteiger partial charge in [0.1, 0.15) is 0 Å². The first kappa shape index (κ1) is 21.0. The van der Waals surface area contributed by atoms with Gasteiger partial charge in [-0.05, 0) is 35.2 Å². The molecule has 6 nitrogen and oxygen atoms in total. The SMILES string of the molecule is CC(C)(C)c1ccc(S(=O)(=O)C2CS(=O)(=O)CC2NCc2ccccn2)cc1. The van der Waals surface area contributed by atoms with Crippen molar-refractivity contribution in [1.82, 2.24) is 10.3 Å². The Bertz CT molecular complexity index is 1030. The van der Waals surface area contributed by atoms with Crippen molar-refractivity contribution >= 4 is 19.7 Å².